The maximum Gasteiger partial charge on any atom is 0.123 e. The van der Waals surface area contributed by atoms with Gasteiger partial charge < -0.3 is 5.32 Å². The van der Waals surface area contributed by atoms with E-state index >= 15 is 0 Å². The molecule has 0 heterocycles. The van der Waals surface area contributed by atoms with Crippen molar-refractivity contribution in [3.8, 4) is 0 Å². The van der Waals surface area contributed by atoms with Gasteiger partial charge in [-0.3, -0.25) is 0 Å². The lowest BCUT2D eigenvalue weighted by Crippen LogP contribution is -2.31. The molecule has 1 unspecified atom stereocenters. The second-order valence-electron chi connectivity index (χ2n) is 5.38. The molecule has 0 aliphatic rings. The number of likely N-dealkylation sites (N-methyl/N-ethyl adjacent to an activating group) is 1. The number of halogens is 1. The van der Waals surface area contributed by atoms with Crippen LogP contribution in [0.1, 0.15) is 57.1 Å². The minimum absolute atomic E-state index is 0.123. The summed E-state index contributed by atoms with van der Waals surface area (Å²) in [4.78, 5) is 0. The second-order valence-corrected chi connectivity index (χ2v) is 5.38. The zero-order valence-corrected chi connectivity index (χ0v) is 12.6. The molecule has 0 aliphatic heterocycles. The van der Waals surface area contributed by atoms with Crippen molar-refractivity contribution in [2.75, 3.05) is 6.54 Å². The minimum Gasteiger partial charge on any atom is -0.314 e. The molecule has 1 aromatic carbocycles. The maximum atomic E-state index is 13.3. The third-order valence-corrected chi connectivity index (χ3v) is 3.68. The van der Waals surface area contributed by atoms with Crippen LogP contribution in [0.4, 0.5) is 4.39 Å². The van der Waals surface area contributed by atoms with E-state index in [4.69, 9.17) is 0 Å². The van der Waals surface area contributed by atoms with Crippen molar-refractivity contribution < 1.29 is 4.39 Å². The standard InChI is InChI=1S/C17H28FN/c1-4-6-7-8-9-17(19-5-2)13-15-12-16(18)11-10-14(15)3/h10-12,17,19H,4-9,13H2,1-3H3. The summed E-state index contributed by atoms with van der Waals surface area (Å²) in [6.07, 6.45) is 7.28. The molecule has 0 amide bonds. The first-order valence-electron chi connectivity index (χ1n) is 7.65. The Labute approximate surface area is 117 Å². The summed E-state index contributed by atoms with van der Waals surface area (Å²) < 4.78 is 13.3. The molecule has 19 heavy (non-hydrogen) atoms. The van der Waals surface area contributed by atoms with E-state index in [9.17, 15) is 4.39 Å². The molecule has 0 fully saturated rings. The summed E-state index contributed by atoms with van der Waals surface area (Å²) in [5.74, 6) is -0.123. The van der Waals surface area contributed by atoms with Crippen molar-refractivity contribution in [3.63, 3.8) is 0 Å². The van der Waals surface area contributed by atoms with Crippen LogP contribution in [-0.4, -0.2) is 12.6 Å². The lowest BCUT2D eigenvalue weighted by atomic mass is 9.97. The van der Waals surface area contributed by atoms with Gasteiger partial charge in [0.25, 0.3) is 0 Å². The van der Waals surface area contributed by atoms with Gasteiger partial charge in [0.2, 0.25) is 0 Å². The van der Waals surface area contributed by atoms with Crippen LogP contribution in [0.25, 0.3) is 0 Å². The van der Waals surface area contributed by atoms with Crippen LogP contribution in [0.15, 0.2) is 18.2 Å². The lowest BCUT2D eigenvalue weighted by molar-refractivity contribution is 0.462. The van der Waals surface area contributed by atoms with Crippen LogP contribution >= 0.6 is 0 Å². The molecule has 0 spiro atoms. The Morgan fingerprint density at radius 2 is 1.95 bits per heavy atom. The van der Waals surface area contributed by atoms with Gasteiger partial charge in [-0.25, -0.2) is 4.39 Å². The highest BCUT2D eigenvalue weighted by Crippen LogP contribution is 2.15. The van der Waals surface area contributed by atoms with E-state index in [1.54, 1.807) is 12.1 Å². The number of unbranched alkanes of at least 4 members (excludes halogenated alkanes) is 3. The van der Waals surface area contributed by atoms with Gasteiger partial charge in [-0.1, -0.05) is 45.6 Å². The van der Waals surface area contributed by atoms with Crippen molar-refractivity contribution in [1.29, 1.82) is 0 Å². The molecular formula is C17H28FN. The van der Waals surface area contributed by atoms with Gasteiger partial charge in [0.1, 0.15) is 5.82 Å². The predicted molar refractivity (Wildman–Crippen MR) is 81.1 cm³/mol. The summed E-state index contributed by atoms with van der Waals surface area (Å²) in [5, 5.41) is 3.53. The van der Waals surface area contributed by atoms with Crippen LogP contribution < -0.4 is 5.32 Å². The van der Waals surface area contributed by atoms with Crippen LogP contribution in [0.2, 0.25) is 0 Å². The molecule has 0 aliphatic carbocycles. The van der Waals surface area contributed by atoms with Crippen molar-refractivity contribution in [2.24, 2.45) is 0 Å². The molecule has 0 saturated carbocycles. The van der Waals surface area contributed by atoms with Crippen LogP contribution in [0, 0.1) is 12.7 Å². The molecule has 0 bridgehead atoms. The molecule has 1 N–H and O–H groups in total. The Balaban J connectivity index is 2.54. The molecule has 0 radical (unpaired) electrons. The van der Waals surface area contributed by atoms with E-state index in [0.717, 1.165) is 18.5 Å². The normalized spacial score (nSPS) is 12.6. The van der Waals surface area contributed by atoms with Crippen LogP contribution in [0.5, 0.6) is 0 Å². The number of aryl methyl sites for hydroxylation is 1. The number of nitrogens with one attached hydrogen (secondary N) is 1. The Bertz CT molecular complexity index is 362. The fraction of sp³-hybridized carbons (Fsp3) is 0.647. The third-order valence-electron chi connectivity index (χ3n) is 3.68. The number of benzene rings is 1. The fourth-order valence-electron chi connectivity index (χ4n) is 2.51. The molecular weight excluding hydrogens is 237 g/mol. The molecule has 0 saturated heterocycles. The first kappa shape index (κ1) is 16.2. The highest BCUT2D eigenvalue weighted by Gasteiger charge is 2.10. The second kappa shape index (κ2) is 9.08. The number of hydrogen-bond donors (Lipinski definition) is 1. The van der Waals surface area contributed by atoms with E-state index in [1.807, 2.05) is 6.07 Å². The smallest absolute Gasteiger partial charge is 0.123 e. The Morgan fingerprint density at radius 1 is 1.16 bits per heavy atom. The monoisotopic (exact) mass is 265 g/mol. The Morgan fingerprint density at radius 3 is 2.63 bits per heavy atom. The zero-order valence-electron chi connectivity index (χ0n) is 12.6. The van der Waals surface area contributed by atoms with E-state index in [-0.39, 0.29) is 5.82 Å². The zero-order chi connectivity index (χ0) is 14.1. The fourth-order valence-corrected chi connectivity index (χ4v) is 2.51. The molecule has 1 atom stereocenters. The molecule has 1 nitrogen and oxygen atoms in total. The van der Waals surface area contributed by atoms with Gasteiger partial charge in [-0.05, 0) is 49.6 Å². The SMILES string of the molecule is CCCCCCC(Cc1cc(F)ccc1C)NCC. The van der Waals surface area contributed by atoms with Crippen molar-refractivity contribution >= 4 is 0 Å². The highest BCUT2D eigenvalue weighted by atomic mass is 19.1. The van der Waals surface area contributed by atoms with Gasteiger partial charge in [-0.2, -0.15) is 0 Å². The van der Waals surface area contributed by atoms with Gasteiger partial charge in [-0.15, -0.1) is 0 Å². The van der Waals surface area contributed by atoms with E-state index < -0.39 is 0 Å². The predicted octanol–water partition coefficient (Wildman–Crippen LogP) is 4.63. The van der Waals surface area contributed by atoms with Gasteiger partial charge in [0, 0.05) is 6.04 Å². The quantitative estimate of drug-likeness (QED) is 0.642. The largest absolute Gasteiger partial charge is 0.314 e. The summed E-state index contributed by atoms with van der Waals surface area (Å²) in [5.41, 5.74) is 2.33. The summed E-state index contributed by atoms with van der Waals surface area (Å²) in [6.45, 7) is 7.41. The topological polar surface area (TPSA) is 12.0 Å². The minimum atomic E-state index is -0.123. The van der Waals surface area contributed by atoms with Crippen LogP contribution in [-0.2, 0) is 6.42 Å². The van der Waals surface area contributed by atoms with Crippen molar-refractivity contribution in [1.82, 2.24) is 5.32 Å². The van der Waals surface area contributed by atoms with Crippen molar-refractivity contribution in [3.05, 3.63) is 35.1 Å². The van der Waals surface area contributed by atoms with E-state index in [1.165, 1.54) is 37.7 Å². The number of hydrogen-bond acceptors (Lipinski definition) is 1. The number of rotatable bonds is 9. The molecule has 1 aromatic rings. The van der Waals surface area contributed by atoms with Gasteiger partial charge in [0.15, 0.2) is 0 Å². The average molecular weight is 265 g/mol. The average Bonchev–Trinajstić information content (AvgIpc) is 2.39. The lowest BCUT2D eigenvalue weighted by Gasteiger charge is -2.19. The molecule has 1 rings (SSSR count). The van der Waals surface area contributed by atoms with Gasteiger partial charge >= 0.3 is 0 Å². The van der Waals surface area contributed by atoms with Crippen molar-refractivity contribution in [2.45, 2.75) is 65.3 Å². The maximum absolute atomic E-state index is 13.3. The summed E-state index contributed by atoms with van der Waals surface area (Å²) in [6, 6.07) is 5.58. The Kier molecular flexibility index (Phi) is 7.73. The third kappa shape index (κ3) is 6.20. The summed E-state index contributed by atoms with van der Waals surface area (Å²) >= 11 is 0. The highest BCUT2D eigenvalue weighted by molar-refractivity contribution is 5.27. The summed E-state index contributed by atoms with van der Waals surface area (Å²) in [7, 11) is 0. The molecule has 2 heteroatoms. The van der Waals surface area contributed by atoms with Gasteiger partial charge in [0.05, 0.1) is 0 Å². The Hall–Kier alpha value is -0.890. The molecule has 0 aromatic heterocycles. The van der Waals surface area contributed by atoms with E-state index in [2.05, 4.69) is 26.1 Å². The van der Waals surface area contributed by atoms with E-state index in [0.29, 0.717) is 6.04 Å². The molecule has 108 valence electrons. The first-order chi connectivity index (χ1) is 9.17. The first-order valence-corrected chi connectivity index (χ1v) is 7.65. The van der Waals surface area contributed by atoms with Crippen LogP contribution in [0.3, 0.4) is 0 Å².